The molecule has 3 aliphatic carbocycles. The van der Waals surface area contributed by atoms with E-state index in [0.717, 1.165) is 44.1 Å². The smallest absolute Gasteiger partial charge is 0.343 e. The highest BCUT2D eigenvalue weighted by Crippen LogP contribution is 2.55. The van der Waals surface area contributed by atoms with Crippen LogP contribution in [0.5, 0.6) is 5.75 Å². The fraction of sp³-hybridized carbons (Fsp3) is 0.379. The van der Waals surface area contributed by atoms with Crippen LogP contribution in [0.4, 0.5) is 5.69 Å². The van der Waals surface area contributed by atoms with Crippen LogP contribution in [0.1, 0.15) is 72.8 Å². The maximum atomic E-state index is 13.3. The molecule has 6 rings (SSSR count). The number of nitrogens with zero attached hydrogens (tertiary/aromatic N) is 1. The highest BCUT2D eigenvalue weighted by molar-refractivity contribution is 7.92. The molecule has 0 amide bonds. The topological polar surface area (TPSA) is 120 Å². The summed E-state index contributed by atoms with van der Waals surface area (Å²) >= 11 is 0. The highest BCUT2D eigenvalue weighted by atomic mass is 32.2. The van der Waals surface area contributed by atoms with Gasteiger partial charge in [0, 0.05) is 23.6 Å². The zero-order valence-electron chi connectivity index (χ0n) is 20.3. The standard InChI is InChI=1S/C29H28N2O5S/c30-16-17-4-12-23(13-5-17)37(34,35)31-22-3-1-2-21(14-22)27(20-10-11-20)28-24(32)15-25(36-29(28)33)26(18-6-7-18)19-8-9-19/h1-5,12-15,18-20,26-27,31-32H,6-11H2. The van der Waals surface area contributed by atoms with Gasteiger partial charge in [0.25, 0.3) is 10.0 Å². The van der Waals surface area contributed by atoms with Gasteiger partial charge in [0.2, 0.25) is 0 Å². The van der Waals surface area contributed by atoms with Gasteiger partial charge in [-0.1, -0.05) is 12.1 Å². The Labute approximate surface area is 215 Å². The number of hydrogen-bond acceptors (Lipinski definition) is 6. The molecule has 1 atom stereocenters. The monoisotopic (exact) mass is 516 g/mol. The summed E-state index contributed by atoms with van der Waals surface area (Å²) in [5.41, 5.74) is 1.23. The van der Waals surface area contributed by atoms with Gasteiger partial charge < -0.3 is 9.52 Å². The molecule has 3 saturated carbocycles. The number of sulfonamides is 1. The first-order chi connectivity index (χ1) is 17.8. The zero-order chi connectivity index (χ0) is 25.7. The fourth-order valence-corrected chi connectivity index (χ4v) is 6.59. The molecule has 1 aromatic heterocycles. The van der Waals surface area contributed by atoms with E-state index in [-0.39, 0.29) is 34.0 Å². The predicted molar refractivity (Wildman–Crippen MR) is 138 cm³/mol. The zero-order valence-corrected chi connectivity index (χ0v) is 21.1. The average molecular weight is 517 g/mol. The molecule has 8 heteroatoms. The third-order valence-electron chi connectivity index (χ3n) is 7.77. The van der Waals surface area contributed by atoms with Gasteiger partial charge in [-0.2, -0.15) is 5.26 Å². The lowest BCUT2D eigenvalue weighted by Crippen LogP contribution is -2.18. The summed E-state index contributed by atoms with van der Waals surface area (Å²) in [6, 6.07) is 16.3. The quantitative estimate of drug-likeness (QED) is 0.389. The molecule has 7 nitrogen and oxygen atoms in total. The third kappa shape index (κ3) is 4.88. The Morgan fingerprint density at radius 3 is 2.16 bits per heavy atom. The Kier molecular flexibility index (Phi) is 5.84. The summed E-state index contributed by atoms with van der Waals surface area (Å²) in [4.78, 5) is 13.3. The first-order valence-corrected chi connectivity index (χ1v) is 14.3. The largest absolute Gasteiger partial charge is 0.507 e. The highest BCUT2D eigenvalue weighted by Gasteiger charge is 2.45. The Hall–Kier alpha value is -3.57. The lowest BCUT2D eigenvalue weighted by Gasteiger charge is -2.20. The molecular weight excluding hydrogens is 488 g/mol. The van der Waals surface area contributed by atoms with Gasteiger partial charge in [-0.05, 0) is 98.2 Å². The maximum absolute atomic E-state index is 13.3. The van der Waals surface area contributed by atoms with Crippen molar-refractivity contribution in [1.29, 1.82) is 5.26 Å². The van der Waals surface area contributed by atoms with E-state index < -0.39 is 15.6 Å². The summed E-state index contributed by atoms with van der Waals surface area (Å²) < 4.78 is 34.3. The minimum absolute atomic E-state index is 0.0296. The van der Waals surface area contributed by atoms with E-state index in [4.69, 9.17) is 9.68 Å². The second-order valence-corrected chi connectivity index (χ2v) is 12.3. The first kappa shape index (κ1) is 23.8. The number of rotatable bonds is 9. The van der Waals surface area contributed by atoms with Crippen LogP contribution in [-0.4, -0.2) is 13.5 Å². The van der Waals surface area contributed by atoms with Gasteiger partial charge in [0.15, 0.2) is 0 Å². The van der Waals surface area contributed by atoms with Crippen LogP contribution in [0.2, 0.25) is 0 Å². The van der Waals surface area contributed by atoms with Crippen molar-refractivity contribution < 1.29 is 17.9 Å². The van der Waals surface area contributed by atoms with Gasteiger partial charge >= 0.3 is 5.63 Å². The van der Waals surface area contributed by atoms with Crippen molar-refractivity contribution in [1.82, 2.24) is 0 Å². The molecule has 0 aliphatic heterocycles. The summed E-state index contributed by atoms with van der Waals surface area (Å²) in [5, 5.41) is 20.1. The van der Waals surface area contributed by atoms with Crippen LogP contribution in [-0.2, 0) is 10.0 Å². The van der Waals surface area contributed by atoms with E-state index in [0.29, 0.717) is 28.8 Å². The third-order valence-corrected chi connectivity index (χ3v) is 9.17. The first-order valence-electron chi connectivity index (χ1n) is 12.8. The van der Waals surface area contributed by atoms with E-state index in [9.17, 15) is 18.3 Å². The Balaban J connectivity index is 1.31. The normalized spacial score (nSPS) is 18.4. The second-order valence-electron chi connectivity index (χ2n) is 10.6. The molecule has 37 heavy (non-hydrogen) atoms. The van der Waals surface area contributed by atoms with E-state index >= 15 is 0 Å². The molecule has 2 N–H and O–H groups in total. The molecule has 0 saturated heterocycles. The number of hydrogen-bond donors (Lipinski definition) is 2. The number of benzene rings is 2. The molecular formula is C29H28N2O5S. The summed E-state index contributed by atoms with van der Waals surface area (Å²) in [6.45, 7) is 0. The summed E-state index contributed by atoms with van der Waals surface area (Å²) in [7, 11) is -3.88. The van der Waals surface area contributed by atoms with E-state index in [1.54, 1.807) is 24.3 Å². The minimum Gasteiger partial charge on any atom is -0.507 e. The van der Waals surface area contributed by atoms with E-state index in [1.165, 1.54) is 24.3 Å². The molecule has 0 bridgehead atoms. The molecule has 0 spiro atoms. The molecule has 0 radical (unpaired) electrons. The van der Waals surface area contributed by atoms with Crippen molar-refractivity contribution in [2.75, 3.05) is 4.72 Å². The minimum atomic E-state index is -3.88. The number of nitrogens with one attached hydrogen (secondary N) is 1. The lowest BCUT2D eigenvalue weighted by atomic mass is 9.86. The fourth-order valence-electron chi connectivity index (χ4n) is 5.54. The molecule has 190 valence electrons. The predicted octanol–water partition coefficient (Wildman–Crippen LogP) is 5.46. The van der Waals surface area contributed by atoms with Crippen molar-refractivity contribution in [3.63, 3.8) is 0 Å². The van der Waals surface area contributed by atoms with Gasteiger partial charge in [-0.3, -0.25) is 4.72 Å². The van der Waals surface area contributed by atoms with Crippen LogP contribution in [0.15, 0.2) is 68.7 Å². The molecule has 1 unspecified atom stereocenters. The Morgan fingerprint density at radius 1 is 0.946 bits per heavy atom. The molecule has 2 aromatic carbocycles. The van der Waals surface area contributed by atoms with Crippen molar-refractivity contribution in [3.8, 4) is 11.8 Å². The maximum Gasteiger partial charge on any atom is 0.343 e. The van der Waals surface area contributed by atoms with Gasteiger partial charge in [0.05, 0.1) is 22.1 Å². The van der Waals surface area contributed by atoms with Crippen molar-refractivity contribution in [2.45, 2.75) is 55.3 Å². The molecule has 3 fully saturated rings. The Morgan fingerprint density at radius 2 is 1.59 bits per heavy atom. The average Bonchev–Trinajstić information content (AvgIpc) is 3.72. The van der Waals surface area contributed by atoms with E-state index in [2.05, 4.69) is 4.72 Å². The van der Waals surface area contributed by atoms with Crippen LogP contribution in [0.25, 0.3) is 0 Å². The van der Waals surface area contributed by atoms with Crippen LogP contribution in [0, 0.1) is 29.1 Å². The Bertz CT molecular complexity index is 1530. The van der Waals surface area contributed by atoms with Crippen LogP contribution in [0.3, 0.4) is 0 Å². The van der Waals surface area contributed by atoms with Crippen molar-refractivity contribution >= 4 is 15.7 Å². The van der Waals surface area contributed by atoms with Gasteiger partial charge in [0.1, 0.15) is 11.5 Å². The number of anilines is 1. The van der Waals surface area contributed by atoms with Gasteiger partial charge in [-0.25, -0.2) is 13.2 Å². The lowest BCUT2D eigenvalue weighted by molar-refractivity contribution is 0.356. The summed E-state index contributed by atoms with van der Waals surface area (Å²) in [5.74, 6) is 1.67. The number of aromatic hydroxyl groups is 1. The van der Waals surface area contributed by atoms with Crippen molar-refractivity contribution in [3.05, 3.63) is 87.5 Å². The second kappa shape index (κ2) is 9.07. The number of nitriles is 1. The van der Waals surface area contributed by atoms with Crippen LogP contribution >= 0.6 is 0 Å². The summed E-state index contributed by atoms with van der Waals surface area (Å²) in [6.07, 6.45) is 6.40. The molecule has 1 heterocycles. The SMILES string of the molecule is N#Cc1ccc(S(=O)(=O)Nc2cccc(C(c3c(O)cc(C(C4CC4)C4CC4)oc3=O)C3CC3)c2)cc1. The molecule has 3 aromatic rings. The molecule has 3 aliphatic rings. The van der Waals surface area contributed by atoms with E-state index in [1.807, 2.05) is 12.1 Å². The van der Waals surface area contributed by atoms with Gasteiger partial charge in [-0.15, -0.1) is 0 Å². The van der Waals surface area contributed by atoms with Crippen molar-refractivity contribution in [2.24, 2.45) is 17.8 Å². The van der Waals surface area contributed by atoms with Crippen LogP contribution < -0.4 is 10.3 Å².